The highest BCUT2D eigenvalue weighted by Crippen LogP contribution is 2.32. The van der Waals surface area contributed by atoms with E-state index in [1.165, 1.54) is 18.2 Å². The summed E-state index contributed by atoms with van der Waals surface area (Å²) < 4.78 is 0. The van der Waals surface area contributed by atoms with Crippen LogP contribution in [0, 0.1) is 13.8 Å². The van der Waals surface area contributed by atoms with E-state index in [9.17, 15) is 19.5 Å². The second-order valence-electron chi connectivity index (χ2n) is 5.21. The number of carboxylic acids is 1. The SMILES string of the molecule is Cc1cccc(N2C(=O)c3ccc(C(=O)[O-])cc3C2=O)c1C. The molecule has 1 aliphatic heterocycles. The van der Waals surface area contributed by atoms with Crippen molar-refractivity contribution >= 4 is 23.5 Å². The number of benzene rings is 2. The van der Waals surface area contributed by atoms with Crippen LogP contribution in [0.5, 0.6) is 0 Å². The average molecular weight is 294 g/mol. The van der Waals surface area contributed by atoms with Crippen molar-refractivity contribution in [2.75, 3.05) is 4.90 Å². The van der Waals surface area contributed by atoms with Gasteiger partial charge in [0.1, 0.15) is 0 Å². The van der Waals surface area contributed by atoms with Gasteiger partial charge in [-0.3, -0.25) is 9.59 Å². The van der Waals surface area contributed by atoms with E-state index in [1.807, 2.05) is 19.9 Å². The minimum Gasteiger partial charge on any atom is -0.545 e. The third kappa shape index (κ3) is 1.90. The predicted octanol–water partition coefficient (Wildman–Crippen LogP) is 1.47. The van der Waals surface area contributed by atoms with Crippen LogP contribution in [0.1, 0.15) is 42.2 Å². The lowest BCUT2D eigenvalue weighted by molar-refractivity contribution is -0.255. The number of anilines is 1. The van der Waals surface area contributed by atoms with E-state index in [4.69, 9.17) is 0 Å². The largest absolute Gasteiger partial charge is 0.545 e. The number of aryl methyl sites for hydroxylation is 1. The maximum Gasteiger partial charge on any atom is 0.266 e. The van der Waals surface area contributed by atoms with Gasteiger partial charge in [0.2, 0.25) is 0 Å². The van der Waals surface area contributed by atoms with E-state index >= 15 is 0 Å². The fraction of sp³-hybridized carbons (Fsp3) is 0.118. The van der Waals surface area contributed by atoms with Crippen LogP contribution < -0.4 is 10.0 Å². The first kappa shape index (κ1) is 14.0. The molecule has 0 aromatic heterocycles. The molecule has 22 heavy (non-hydrogen) atoms. The molecule has 0 radical (unpaired) electrons. The number of amides is 2. The molecule has 0 atom stereocenters. The van der Waals surface area contributed by atoms with Crippen molar-refractivity contribution in [2.45, 2.75) is 13.8 Å². The molecule has 0 saturated heterocycles. The molecule has 0 fully saturated rings. The Morgan fingerprint density at radius 2 is 1.68 bits per heavy atom. The van der Waals surface area contributed by atoms with Crippen LogP contribution in [-0.4, -0.2) is 17.8 Å². The van der Waals surface area contributed by atoms with Gasteiger partial charge in [-0.25, -0.2) is 4.90 Å². The maximum absolute atomic E-state index is 12.5. The highest BCUT2D eigenvalue weighted by atomic mass is 16.4. The fourth-order valence-electron chi connectivity index (χ4n) is 2.56. The van der Waals surface area contributed by atoms with Gasteiger partial charge < -0.3 is 9.90 Å². The Hall–Kier alpha value is -2.95. The van der Waals surface area contributed by atoms with Crippen LogP contribution in [0.15, 0.2) is 36.4 Å². The summed E-state index contributed by atoms with van der Waals surface area (Å²) in [6.45, 7) is 3.73. The van der Waals surface area contributed by atoms with Crippen molar-refractivity contribution in [1.82, 2.24) is 0 Å². The number of hydrogen-bond donors (Lipinski definition) is 0. The van der Waals surface area contributed by atoms with Gasteiger partial charge in [-0.1, -0.05) is 18.2 Å². The molecule has 5 heteroatoms. The Morgan fingerprint density at radius 3 is 2.36 bits per heavy atom. The molecule has 0 bridgehead atoms. The summed E-state index contributed by atoms with van der Waals surface area (Å²) in [7, 11) is 0. The summed E-state index contributed by atoms with van der Waals surface area (Å²) in [5.74, 6) is -2.34. The van der Waals surface area contributed by atoms with Gasteiger partial charge in [0, 0.05) is 0 Å². The normalized spacial score (nSPS) is 13.5. The molecule has 0 unspecified atom stereocenters. The molecule has 0 saturated carbocycles. The lowest BCUT2D eigenvalue weighted by Crippen LogP contribution is -2.30. The number of nitrogens with zero attached hydrogens (tertiary/aromatic N) is 1. The topological polar surface area (TPSA) is 77.5 Å². The zero-order valence-corrected chi connectivity index (χ0v) is 12.0. The summed E-state index contributed by atoms with van der Waals surface area (Å²) in [5, 5.41) is 10.9. The Balaban J connectivity index is 2.14. The van der Waals surface area contributed by atoms with Crippen molar-refractivity contribution < 1.29 is 19.5 Å². The molecule has 0 N–H and O–H groups in total. The van der Waals surface area contributed by atoms with E-state index in [1.54, 1.807) is 12.1 Å². The maximum atomic E-state index is 12.5. The minimum atomic E-state index is -1.38. The summed E-state index contributed by atoms with van der Waals surface area (Å²) in [6, 6.07) is 9.18. The number of aromatic carboxylic acids is 1. The Bertz CT molecular complexity index is 839. The molecule has 0 spiro atoms. The molecule has 2 aromatic carbocycles. The molecule has 110 valence electrons. The van der Waals surface area contributed by atoms with E-state index in [0.29, 0.717) is 5.69 Å². The van der Waals surface area contributed by atoms with Crippen LogP contribution in [0.25, 0.3) is 0 Å². The number of imide groups is 1. The van der Waals surface area contributed by atoms with E-state index in [2.05, 4.69) is 0 Å². The van der Waals surface area contributed by atoms with Crippen LogP contribution in [0.3, 0.4) is 0 Å². The number of hydrogen-bond acceptors (Lipinski definition) is 4. The molecule has 5 nitrogen and oxygen atoms in total. The second kappa shape index (κ2) is 4.80. The summed E-state index contributed by atoms with van der Waals surface area (Å²) in [6.07, 6.45) is 0. The van der Waals surface area contributed by atoms with Crippen LogP contribution in [0.2, 0.25) is 0 Å². The minimum absolute atomic E-state index is 0.0904. The van der Waals surface area contributed by atoms with Crippen molar-refractivity contribution in [3.8, 4) is 0 Å². The van der Waals surface area contributed by atoms with Gasteiger partial charge in [-0.2, -0.15) is 0 Å². The van der Waals surface area contributed by atoms with Gasteiger partial charge in [0.05, 0.1) is 22.8 Å². The number of fused-ring (bicyclic) bond motifs is 1. The summed E-state index contributed by atoms with van der Waals surface area (Å²) in [5.41, 5.74) is 2.48. The molecule has 2 amide bonds. The first-order valence-corrected chi connectivity index (χ1v) is 6.72. The Kier molecular flexibility index (Phi) is 3.06. The van der Waals surface area contributed by atoms with E-state index in [0.717, 1.165) is 16.0 Å². The quantitative estimate of drug-likeness (QED) is 0.786. The smallest absolute Gasteiger partial charge is 0.266 e. The Labute approximate surface area is 126 Å². The number of carbonyl (C=O) groups excluding carboxylic acids is 3. The van der Waals surface area contributed by atoms with Gasteiger partial charge >= 0.3 is 0 Å². The van der Waals surface area contributed by atoms with Gasteiger partial charge in [-0.15, -0.1) is 0 Å². The molecule has 0 aliphatic carbocycles. The third-order valence-electron chi connectivity index (χ3n) is 3.94. The number of carbonyl (C=O) groups is 3. The number of carboxylic acid groups (broad SMARTS) is 1. The standard InChI is InChI=1S/C17H13NO4/c1-9-4-3-5-14(10(9)2)18-15(19)12-7-6-11(17(21)22)8-13(12)16(18)20/h3-8H,1-2H3,(H,21,22)/p-1. The first-order chi connectivity index (χ1) is 10.4. The van der Waals surface area contributed by atoms with Crippen molar-refractivity contribution in [1.29, 1.82) is 0 Å². The van der Waals surface area contributed by atoms with E-state index < -0.39 is 17.8 Å². The van der Waals surface area contributed by atoms with Crippen molar-refractivity contribution in [3.05, 3.63) is 64.2 Å². The molecule has 1 aliphatic rings. The molecule has 2 aromatic rings. The highest BCUT2D eigenvalue weighted by molar-refractivity contribution is 6.34. The Morgan fingerprint density at radius 1 is 1.00 bits per heavy atom. The van der Waals surface area contributed by atoms with Crippen LogP contribution in [-0.2, 0) is 0 Å². The number of rotatable bonds is 2. The van der Waals surface area contributed by atoms with Gasteiger partial charge in [-0.05, 0) is 48.7 Å². The lowest BCUT2D eigenvalue weighted by atomic mass is 10.1. The third-order valence-corrected chi connectivity index (χ3v) is 3.94. The molecular formula is C17H12NO4-. The van der Waals surface area contributed by atoms with Crippen LogP contribution in [0.4, 0.5) is 5.69 Å². The average Bonchev–Trinajstić information content (AvgIpc) is 2.74. The van der Waals surface area contributed by atoms with Crippen molar-refractivity contribution in [3.63, 3.8) is 0 Å². The molecular weight excluding hydrogens is 282 g/mol. The van der Waals surface area contributed by atoms with E-state index in [-0.39, 0.29) is 16.7 Å². The molecule has 1 heterocycles. The van der Waals surface area contributed by atoms with Crippen molar-refractivity contribution in [2.24, 2.45) is 0 Å². The zero-order valence-electron chi connectivity index (χ0n) is 12.0. The predicted molar refractivity (Wildman–Crippen MR) is 77.8 cm³/mol. The van der Waals surface area contributed by atoms with Gasteiger partial charge in [0.25, 0.3) is 11.8 Å². The van der Waals surface area contributed by atoms with Gasteiger partial charge in [0.15, 0.2) is 0 Å². The highest BCUT2D eigenvalue weighted by Gasteiger charge is 2.37. The van der Waals surface area contributed by atoms with Crippen LogP contribution >= 0.6 is 0 Å². The second-order valence-corrected chi connectivity index (χ2v) is 5.21. The summed E-state index contributed by atoms with van der Waals surface area (Å²) >= 11 is 0. The fourth-order valence-corrected chi connectivity index (χ4v) is 2.56. The summed E-state index contributed by atoms with van der Waals surface area (Å²) in [4.78, 5) is 37.0. The molecule has 3 rings (SSSR count). The lowest BCUT2D eigenvalue weighted by Gasteiger charge is -2.17. The monoisotopic (exact) mass is 294 g/mol. The first-order valence-electron chi connectivity index (χ1n) is 6.72. The zero-order chi connectivity index (χ0) is 16.0.